The number of rotatable bonds is 5. The molecule has 0 radical (unpaired) electrons. The van der Waals surface area contributed by atoms with E-state index in [0.29, 0.717) is 22.7 Å². The average molecular weight is 456 g/mol. The van der Waals surface area contributed by atoms with Gasteiger partial charge in [-0.05, 0) is 33.6 Å². The smallest absolute Gasteiger partial charge is 0.311 e. The first-order valence-electron chi connectivity index (χ1n) is 8.48. The van der Waals surface area contributed by atoms with Crippen molar-refractivity contribution in [2.75, 3.05) is 6.61 Å². The molecule has 0 spiro atoms. The molecule has 0 aromatic rings. The van der Waals surface area contributed by atoms with Crippen molar-refractivity contribution in [1.82, 2.24) is 0 Å². The SMILES string of the molecule is CC[C@H](Br)[C@H]1C[C@@H](Br)[C@H]2C[C@H](O2)[C@H](CCOC(=O)C(C)(C)C)O1. The van der Waals surface area contributed by atoms with Gasteiger partial charge in [-0.1, -0.05) is 38.8 Å². The fourth-order valence-corrected chi connectivity index (χ4v) is 3.94. The molecule has 0 aliphatic carbocycles. The third-order valence-corrected chi connectivity index (χ3v) is 6.68. The number of fused-ring (bicyclic) bond motifs is 4. The van der Waals surface area contributed by atoms with E-state index in [1.807, 2.05) is 20.8 Å². The van der Waals surface area contributed by atoms with E-state index in [9.17, 15) is 4.79 Å². The number of carbonyl (C=O) groups is 1. The van der Waals surface area contributed by atoms with Crippen molar-refractivity contribution in [1.29, 1.82) is 0 Å². The summed E-state index contributed by atoms with van der Waals surface area (Å²) < 4.78 is 17.7. The van der Waals surface area contributed by atoms with Crippen molar-refractivity contribution in [2.45, 2.75) is 87.4 Å². The van der Waals surface area contributed by atoms with E-state index in [2.05, 4.69) is 38.8 Å². The van der Waals surface area contributed by atoms with E-state index >= 15 is 0 Å². The Morgan fingerprint density at radius 3 is 2.48 bits per heavy atom. The maximum atomic E-state index is 11.9. The average Bonchev–Trinajstić information content (AvgIpc) is 2.40. The van der Waals surface area contributed by atoms with Crippen LogP contribution >= 0.6 is 31.9 Å². The van der Waals surface area contributed by atoms with Crippen molar-refractivity contribution in [2.24, 2.45) is 5.41 Å². The highest BCUT2D eigenvalue weighted by Gasteiger charge is 2.45. The van der Waals surface area contributed by atoms with Gasteiger partial charge in [0.25, 0.3) is 0 Å². The highest BCUT2D eigenvalue weighted by Crippen LogP contribution is 2.39. The van der Waals surface area contributed by atoms with E-state index in [1.54, 1.807) is 0 Å². The van der Waals surface area contributed by atoms with Gasteiger partial charge in [-0.25, -0.2) is 0 Å². The summed E-state index contributed by atoms with van der Waals surface area (Å²) in [6.07, 6.45) is 4.20. The van der Waals surface area contributed by atoms with Crippen LogP contribution in [-0.2, 0) is 19.0 Å². The number of ether oxygens (including phenoxy) is 3. The van der Waals surface area contributed by atoms with Crippen molar-refractivity contribution in [3.8, 4) is 0 Å². The van der Waals surface area contributed by atoms with Crippen LogP contribution in [0.2, 0.25) is 0 Å². The number of carbonyl (C=O) groups excluding carboxylic acids is 1. The van der Waals surface area contributed by atoms with Gasteiger partial charge in [-0.15, -0.1) is 0 Å². The molecule has 0 aromatic heterocycles. The molecule has 0 N–H and O–H groups in total. The lowest BCUT2D eigenvalue weighted by atomic mass is 9.91. The predicted molar refractivity (Wildman–Crippen MR) is 97.3 cm³/mol. The topological polar surface area (TPSA) is 44.8 Å². The third kappa shape index (κ3) is 5.16. The largest absolute Gasteiger partial charge is 0.465 e. The standard InChI is InChI=1S/C17H28Br2O4/c1-5-10(18)13-8-11(19)14-9-15(23-14)12(22-13)6-7-21-16(20)17(2,3)4/h10-15H,5-9H2,1-4H3/t10-,11+,12-,13+,14+,15-/m0/s1. The maximum absolute atomic E-state index is 11.9. The van der Waals surface area contributed by atoms with E-state index in [4.69, 9.17) is 14.2 Å². The monoisotopic (exact) mass is 454 g/mol. The van der Waals surface area contributed by atoms with Crippen LogP contribution < -0.4 is 0 Å². The van der Waals surface area contributed by atoms with Crippen molar-refractivity contribution in [3.63, 3.8) is 0 Å². The zero-order chi connectivity index (χ0) is 17.2. The lowest BCUT2D eigenvalue weighted by Gasteiger charge is -2.47. The summed E-state index contributed by atoms with van der Waals surface area (Å²) in [7, 11) is 0. The van der Waals surface area contributed by atoms with Crippen LogP contribution in [0.3, 0.4) is 0 Å². The molecule has 134 valence electrons. The Kier molecular flexibility index (Phi) is 6.97. The predicted octanol–water partition coefficient (Wildman–Crippen LogP) is 4.22. The van der Waals surface area contributed by atoms with Gasteiger partial charge >= 0.3 is 5.97 Å². The second kappa shape index (κ2) is 8.15. The first-order chi connectivity index (χ1) is 10.7. The second-order valence-corrected chi connectivity index (χ2v) is 9.86. The third-order valence-electron chi connectivity index (χ3n) is 4.48. The van der Waals surface area contributed by atoms with Gasteiger partial charge < -0.3 is 14.2 Å². The lowest BCUT2D eigenvalue weighted by molar-refractivity contribution is -0.218. The maximum Gasteiger partial charge on any atom is 0.311 e. The second-order valence-electron chi connectivity index (χ2n) is 7.51. The molecule has 2 bridgehead atoms. The molecule has 6 heteroatoms. The number of esters is 1. The van der Waals surface area contributed by atoms with Gasteiger partial charge in [-0.3, -0.25) is 4.79 Å². The van der Waals surface area contributed by atoms with Crippen LogP contribution in [0.5, 0.6) is 0 Å². The highest BCUT2D eigenvalue weighted by molar-refractivity contribution is 9.09. The molecule has 3 aliphatic heterocycles. The molecule has 6 atom stereocenters. The van der Waals surface area contributed by atoms with E-state index in [-0.39, 0.29) is 30.4 Å². The fourth-order valence-electron chi connectivity index (χ4n) is 2.89. The summed E-state index contributed by atoms with van der Waals surface area (Å²) in [5.74, 6) is -0.167. The molecular formula is C17H28Br2O4. The van der Waals surface area contributed by atoms with Gasteiger partial charge in [0.1, 0.15) is 0 Å². The quantitative estimate of drug-likeness (QED) is 0.459. The van der Waals surface area contributed by atoms with E-state index < -0.39 is 5.41 Å². The summed E-state index contributed by atoms with van der Waals surface area (Å²) in [5, 5.41) is 0. The van der Waals surface area contributed by atoms with Crippen molar-refractivity contribution < 1.29 is 19.0 Å². The lowest BCUT2D eigenvalue weighted by Crippen LogP contribution is -2.55. The van der Waals surface area contributed by atoms with E-state index in [1.165, 1.54) is 0 Å². The highest BCUT2D eigenvalue weighted by atomic mass is 79.9. The Bertz CT molecular complexity index is 404. The number of alkyl halides is 2. The minimum absolute atomic E-state index is 0.00406. The van der Waals surface area contributed by atoms with Gasteiger partial charge in [0, 0.05) is 22.5 Å². The summed E-state index contributed by atoms with van der Waals surface area (Å²) in [4.78, 5) is 12.6. The molecule has 3 heterocycles. The number of hydrogen-bond donors (Lipinski definition) is 0. The minimum atomic E-state index is -0.464. The fraction of sp³-hybridized carbons (Fsp3) is 0.941. The molecule has 0 amide bonds. The molecule has 3 fully saturated rings. The van der Waals surface area contributed by atoms with Gasteiger partial charge in [-0.2, -0.15) is 0 Å². The van der Waals surface area contributed by atoms with Crippen LogP contribution in [0, 0.1) is 5.41 Å². The number of hydrogen-bond acceptors (Lipinski definition) is 4. The molecule has 4 nitrogen and oxygen atoms in total. The molecule has 3 rings (SSSR count). The van der Waals surface area contributed by atoms with Gasteiger partial charge in [0.2, 0.25) is 0 Å². The summed E-state index contributed by atoms with van der Waals surface area (Å²) in [5.41, 5.74) is -0.464. The molecule has 0 saturated carbocycles. The molecular weight excluding hydrogens is 428 g/mol. The van der Waals surface area contributed by atoms with Gasteiger partial charge in [0.15, 0.2) is 0 Å². The Morgan fingerprint density at radius 2 is 1.91 bits per heavy atom. The molecule has 3 saturated heterocycles. The van der Waals surface area contributed by atoms with Crippen LogP contribution in [0.15, 0.2) is 0 Å². The molecule has 0 aromatic carbocycles. The first-order valence-corrected chi connectivity index (χ1v) is 10.3. The Hall–Kier alpha value is 0.350. The Morgan fingerprint density at radius 1 is 1.26 bits per heavy atom. The van der Waals surface area contributed by atoms with Crippen LogP contribution in [0.1, 0.15) is 53.4 Å². The Labute approximate surface area is 156 Å². The van der Waals surface area contributed by atoms with Crippen LogP contribution in [0.25, 0.3) is 0 Å². The zero-order valence-corrected chi connectivity index (χ0v) is 17.6. The van der Waals surface area contributed by atoms with Crippen LogP contribution in [-0.4, -0.2) is 46.6 Å². The minimum Gasteiger partial charge on any atom is -0.465 e. The van der Waals surface area contributed by atoms with Crippen molar-refractivity contribution in [3.05, 3.63) is 0 Å². The zero-order valence-electron chi connectivity index (χ0n) is 14.4. The molecule has 3 aliphatic rings. The molecule has 0 unspecified atom stereocenters. The van der Waals surface area contributed by atoms with Crippen LogP contribution in [0.4, 0.5) is 0 Å². The summed E-state index contributed by atoms with van der Waals surface area (Å²) in [6.45, 7) is 8.13. The molecule has 23 heavy (non-hydrogen) atoms. The summed E-state index contributed by atoms with van der Waals surface area (Å²) >= 11 is 7.47. The summed E-state index contributed by atoms with van der Waals surface area (Å²) in [6, 6.07) is 0. The van der Waals surface area contributed by atoms with Crippen molar-refractivity contribution >= 4 is 37.8 Å². The first kappa shape index (κ1) is 19.7. The normalized spacial score (nSPS) is 35.7. The van der Waals surface area contributed by atoms with E-state index in [0.717, 1.165) is 19.3 Å². The van der Waals surface area contributed by atoms with Gasteiger partial charge in [0.05, 0.1) is 36.4 Å². The Balaban J connectivity index is 1.90. The number of halogens is 2.